The van der Waals surface area contributed by atoms with Crippen LogP contribution < -0.4 is 5.32 Å². The molecule has 2 saturated heterocycles. The van der Waals surface area contributed by atoms with Crippen molar-refractivity contribution in [2.24, 2.45) is 0 Å². The topological polar surface area (TPSA) is 44.8 Å². The van der Waals surface area contributed by atoms with Gasteiger partial charge in [0.1, 0.15) is 6.17 Å². The molecule has 0 aromatic carbocycles. The summed E-state index contributed by atoms with van der Waals surface area (Å²) in [6.45, 7) is 4.63. The van der Waals surface area contributed by atoms with Crippen LogP contribution in [0.25, 0.3) is 0 Å². The molecule has 1 N–H and O–H groups in total. The zero-order valence-corrected chi connectivity index (χ0v) is 9.89. The van der Waals surface area contributed by atoms with Crippen molar-refractivity contribution >= 4 is 6.41 Å². The molecule has 2 aliphatic rings. The molecule has 2 fully saturated rings. The fourth-order valence-corrected chi connectivity index (χ4v) is 2.60. The Morgan fingerprint density at radius 3 is 2.75 bits per heavy atom. The van der Waals surface area contributed by atoms with Crippen molar-refractivity contribution in [2.45, 2.75) is 25.0 Å². The molecule has 2 rings (SSSR count). The summed E-state index contributed by atoms with van der Waals surface area (Å²) in [6.07, 6.45) is 3.22. The summed E-state index contributed by atoms with van der Waals surface area (Å²) < 4.78 is 5.40. The molecule has 0 radical (unpaired) electrons. The number of amides is 1. The number of piperidine rings is 1. The van der Waals surface area contributed by atoms with Crippen molar-refractivity contribution in [1.82, 2.24) is 15.1 Å². The van der Waals surface area contributed by atoms with Gasteiger partial charge in [-0.1, -0.05) is 0 Å². The van der Waals surface area contributed by atoms with E-state index < -0.39 is 0 Å². The minimum absolute atomic E-state index is 0.0691. The largest absolute Gasteiger partial charge is 0.377 e. The fourth-order valence-electron chi connectivity index (χ4n) is 2.60. The number of carbonyl (C=O) groups excluding carboxylic acids is 1. The number of nitrogens with one attached hydrogen (secondary N) is 1. The highest BCUT2D eigenvalue weighted by atomic mass is 16.5. The smallest absolute Gasteiger partial charge is 0.208 e. The Morgan fingerprint density at radius 2 is 2.06 bits per heavy atom. The summed E-state index contributed by atoms with van der Waals surface area (Å²) in [4.78, 5) is 15.3. The van der Waals surface area contributed by atoms with Crippen LogP contribution in [0.1, 0.15) is 12.8 Å². The van der Waals surface area contributed by atoms with Crippen LogP contribution in [0, 0.1) is 0 Å². The van der Waals surface area contributed by atoms with Gasteiger partial charge in [-0.15, -0.1) is 0 Å². The molecule has 0 aliphatic carbocycles. The highest BCUT2D eigenvalue weighted by Crippen LogP contribution is 2.19. The van der Waals surface area contributed by atoms with Gasteiger partial charge < -0.3 is 15.0 Å². The number of ether oxygens (including phenoxy) is 1. The minimum Gasteiger partial charge on any atom is -0.377 e. The van der Waals surface area contributed by atoms with Crippen LogP contribution in [0.3, 0.4) is 0 Å². The maximum absolute atomic E-state index is 10.6. The summed E-state index contributed by atoms with van der Waals surface area (Å²) in [5.41, 5.74) is 0. The number of hydrogen-bond donors (Lipinski definition) is 1. The van der Waals surface area contributed by atoms with Gasteiger partial charge in [-0.2, -0.15) is 0 Å². The molecule has 0 spiro atoms. The first-order valence-electron chi connectivity index (χ1n) is 6.03. The molecule has 1 atom stereocenters. The van der Waals surface area contributed by atoms with Crippen LogP contribution in [0.4, 0.5) is 0 Å². The van der Waals surface area contributed by atoms with E-state index in [2.05, 4.69) is 22.2 Å². The molecule has 5 heteroatoms. The summed E-state index contributed by atoms with van der Waals surface area (Å²) in [5.74, 6) is 0. The van der Waals surface area contributed by atoms with E-state index in [1.807, 2.05) is 0 Å². The molecule has 1 unspecified atom stereocenters. The van der Waals surface area contributed by atoms with Gasteiger partial charge in [0.25, 0.3) is 0 Å². The Bertz CT molecular complexity index is 229. The van der Waals surface area contributed by atoms with Gasteiger partial charge in [0.15, 0.2) is 0 Å². The van der Waals surface area contributed by atoms with E-state index >= 15 is 0 Å². The number of nitrogens with zero attached hydrogens (tertiary/aromatic N) is 2. The van der Waals surface area contributed by atoms with Crippen LogP contribution in [-0.4, -0.2) is 68.3 Å². The summed E-state index contributed by atoms with van der Waals surface area (Å²) >= 11 is 0. The molecule has 2 heterocycles. The molecule has 92 valence electrons. The maximum Gasteiger partial charge on any atom is 0.208 e. The van der Waals surface area contributed by atoms with E-state index in [1.165, 1.54) is 12.8 Å². The predicted octanol–water partition coefficient (Wildman–Crippen LogP) is -0.515. The molecule has 5 nitrogen and oxygen atoms in total. The predicted molar refractivity (Wildman–Crippen MR) is 61.0 cm³/mol. The number of rotatable bonds is 3. The Hall–Kier alpha value is -0.650. The lowest BCUT2D eigenvalue weighted by Gasteiger charge is -2.43. The minimum atomic E-state index is 0.0691. The first-order valence-corrected chi connectivity index (χ1v) is 6.03. The standard InChI is InChI=1S/C11H21N3O2/c1-13-4-2-10(3-5-13)14-6-7-16-8-11(14)12-9-15/h9-11H,2-8H2,1H3,(H,12,15). The highest BCUT2D eigenvalue weighted by Gasteiger charge is 2.30. The SMILES string of the molecule is CN1CCC(N2CCOCC2NC=O)CC1. The molecule has 0 saturated carbocycles. The Labute approximate surface area is 96.7 Å². The van der Waals surface area contributed by atoms with E-state index in [9.17, 15) is 4.79 Å². The van der Waals surface area contributed by atoms with Gasteiger partial charge in [-0.05, 0) is 33.0 Å². The van der Waals surface area contributed by atoms with Crippen LogP contribution in [0.15, 0.2) is 0 Å². The normalized spacial score (nSPS) is 30.2. The molecular formula is C11H21N3O2. The van der Waals surface area contributed by atoms with E-state index in [0.29, 0.717) is 12.6 Å². The van der Waals surface area contributed by atoms with Gasteiger partial charge >= 0.3 is 0 Å². The number of likely N-dealkylation sites (tertiary alicyclic amines) is 1. The van der Waals surface area contributed by atoms with Gasteiger partial charge in [0, 0.05) is 12.6 Å². The molecule has 1 amide bonds. The third-order valence-corrected chi connectivity index (χ3v) is 3.59. The first-order chi connectivity index (χ1) is 7.81. The van der Waals surface area contributed by atoms with Crippen LogP contribution in [-0.2, 0) is 9.53 Å². The van der Waals surface area contributed by atoms with Crippen molar-refractivity contribution in [1.29, 1.82) is 0 Å². The molecule has 0 bridgehead atoms. The van der Waals surface area contributed by atoms with Crippen molar-refractivity contribution in [3.8, 4) is 0 Å². The zero-order valence-electron chi connectivity index (χ0n) is 9.89. The number of carbonyl (C=O) groups is 1. The second-order valence-corrected chi connectivity index (χ2v) is 4.65. The Morgan fingerprint density at radius 1 is 1.31 bits per heavy atom. The zero-order chi connectivity index (χ0) is 11.4. The lowest BCUT2D eigenvalue weighted by atomic mass is 10.0. The average molecular weight is 227 g/mol. The second-order valence-electron chi connectivity index (χ2n) is 4.65. The second kappa shape index (κ2) is 5.61. The molecule has 2 aliphatic heterocycles. The van der Waals surface area contributed by atoms with Gasteiger partial charge in [-0.25, -0.2) is 0 Å². The van der Waals surface area contributed by atoms with E-state index in [-0.39, 0.29) is 6.17 Å². The summed E-state index contributed by atoms with van der Waals surface area (Å²) in [5, 5.41) is 2.85. The molecule has 0 aromatic heterocycles. The summed E-state index contributed by atoms with van der Waals surface area (Å²) in [6, 6.07) is 0.595. The average Bonchev–Trinajstić information content (AvgIpc) is 2.32. The van der Waals surface area contributed by atoms with E-state index in [1.54, 1.807) is 0 Å². The Balaban J connectivity index is 1.91. The van der Waals surface area contributed by atoms with E-state index in [0.717, 1.165) is 32.7 Å². The molecule has 0 aromatic rings. The quantitative estimate of drug-likeness (QED) is 0.659. The highest BCUT2D eigenvalue weighted by molar-refractivity contribution is 5.46. The third kappa shape index (κ3) is 2.72. The molecule has 16 heavy (non-hydrogen) atoms. The lowest BCUT2D eigenvalue weighted by Crippen LogP contribution is -2.58. The van der Waals surface area contributed by atoms with Gasteiger partial charge in [0.2, 0.25) is 6.41 Å². The van der Waals surface area contributed by atoms with Crippen molar-refractivity contribution < 1.29 is 9.53 Å². The third-order valence-electron chi connectivity index (χ3n) is 3.59. The lowest BCUT2D eigenvalue weighted by molar-refractivity contribution is -0.115. The van der Waals surface area contributed by atoms with Crippen molar-refractivity contribution in [3.63, 3.8) is 0 Å². The van der Waals surface area contributed by atoms with E-state index in [4.69, 9.17) is 4.74 Å². The first kappa shape index (κ1) is 11.8. The van der Waals surface area contributed by atoms with Crippen LogP contribution in [0.2, 0.25) is 0 Å². The maximum atomic E-state index is 10.6. The van der Waals surface area contributed by atoms with Crippen LogP contribution in [0.5, 0.6) is 0 Å². The number of morpholine rings is 1. The summed E-state index contributed by atoms with van der Waals surface area (Å²) in [7, 11) is 2.16. The van der Waals surface area contributed by atoms with Crippen molar-refractivity contribution in [2.75, 3.05) is 39.9 Å². The van der Waals surface area contributed by atoms with Crippen LogP contribution >= 0.6 is 0 Å². The molecular weight excluding hydrogens is 206 g/mol. The Kier molecular flexibility index (Phi) is 4.15. The monoisotopic (exact) mass is 227 g/mol. The van der Waals surface area contributed by atoms with Gasteiger partial charge in [0.05, 0.1) is 13.2 Å². The van der Waals surface area contributed by atoms with Gasteiger partial charge in [-0.3, -0.25) is 9.69 Å². The van der Waals surface area contributed by atoms with Crippen molar-refractivity contribution in [3.05, 3.63) is 0 Å². The number of hydrogen-bond acceptors (Lipinski definition) is 4. The fraction of sp³-hybridized carbons (Fsp3) is 0.909.